The highest BCUT2D eigenvalue weighted by Crippen LogP contribution is 2.27. The van der Waals surface area contributed by atoms with Gasteiger partial charge in [-0.15, -0.1) is 0 Å². The molecule has 0 N–H and O–H groups in total. The average Bonchev–Trinajstić information content (AvgIpc) is 2.04. The van der Waals surface area contributed by atoms with Crippen molar-refractivity contribution in [1.82, 2.24) is 0 Å². The molecule has 0 heterocycles. The van der Waals surface area contributed by atoms with E-state index in [4.69, 9.17) is 0 Å². The van der Waals surface area contributed by atoms with Crippen LogP contribution in [-0.4, -0.2) is 12.0 Å². The number of halogens is 3. The van der Waals surface area contributed by atoms with Gasteiger partial charge in [-0.2, -0.15) is 13.2 Å². The number of ketones is 1. The third-order valence-corrected chi connectivity index (χ3v) is 2.39. The molecule has 0 bridgehead atoms. The summed E-state index contributed by atoms with van der Waals surface area (Å²) in [6.45, 7) is 0. The lowest BCUT2D eigenvalue weighted by atomic mass is 9.86. The normalized spacial score (nSPS) is 14.5. The van der Waals surface area contributed by atoms with Crippen molar-refractivity contribution in [3.63, 3.8) is 0 Å². The zero-order valence-corrected chi connectivity index (χ0v) is 7.19. The number of carbonyl (C=O) groups is 1. The van der Waals surface area contributed by atoms with E-state index >= 15 is 0 Å². The summed E-state index contributed by atoms with van der Waals surface area (Å²) in [6, 6.07) is 4.18. The van der Waals surface area contributed by atoms with Crippen molar-refractivity contribution in [2.24, 2.45) is 0 Å². The summed E-state index contributed by atoms with van der Waals surface area (Å²) in [5.74, 6) is -1.76. The second-order valence-corrected chi connectivity index (χ2v) is 3.31. The van der Waals surface area contributed by atoms with E-state index in [1.54, 1.807) is 6.07 Å². The summed E-state index contributed by atoms with van der Waals surface area (Å²) in [5.41, 5.74) is 1.65. The van der Waals surface area contributed by atoms with Crippen LogP contribution in [-0.2, 0) is 12.8 Å². The maximum atomic E-state index is 12.0. The van der Waals surface area contributed by atoms with E-state index in [9.17, 15) is 18.0 Å². The molecular weight excluding hydrogens is 193 g/mol. The van der Waals surface area contributed by atoms with Gasteiger partial charge < -0.3 is 0 Å². The molecule has 0 aliphatic heterocycles. The van der Waals surface area contributed by atoms with Crippen LogP contribution in [0.1, 0.15) is 21.5 Å². The van der Waals surface area contributed by atoms with E-state index in [0.717, 1.165) is 24.0 Å². The topological polar surface area (TPSA) is 17.1 Å². The van der Waals surface area contributed by atoms with Crippen LogP contribution in [0.4, 0.5) is 13.2 Å². The molecule has 1 aliphatic rings. The van der Waals surface area contributed by atoms with Crippen LogP contribution < -0.4 is 0 Å². The fourth-order valence-electron chi connectivity index (χ4n) is 1.50. The van der Waals surface area contributed by atoms with E-state index in [1.165, 1.54) is 12.1 Å². The van der Waals surface area contributed by atoms with Crippen molar-refractivity contribution in [2.75, 3.05) is 0 Å². The van der Waals surface area contributed by atoms with E-state index in [0.29, 0.717) is 0 Å². The van der Waals surface area contributed by atoms with Gasteiger partial charge in [-0.3, -0.25) is 4.79 Å². The molecule has 0 atom stereocenters. The molecule has 0 fully saturated rings. The molecule has 2 rings (SSSR count). The van der Waals surface area contributed by atoms with Crippen molar-refractivity contribution < 1.29 is 18.0 Å². The number of alkyl halides is 3. The summed E-state index contributed by atoms with van der Waals surface area (Å²) in [5, 5.41) is 0. The lowest BCUT2D eigenvalue weighted by molar-refractivity contribution is -0.0885. The molecule has 1 aromatic carbocycles. The highest BCUT2D eigenvalue weighted by molar-refractivity contribution is 6.00. The first-order chi connectivity index (χ1) is 6.48. The molecule has 4 heteroatoms. The minimum Gasteiger partial charge on any atom is -0.284 e. The van der Waals surface area contributed by atoms with Crippen molar-refractivity contribution in [2.45, 2.75) is 19.0 Å². The number of benzene rings is 1. The van der Waals surface area contributed by atoms with E-state index < -0.39 is 12.0 Å². The number of aryl methyl sites for hydroxylation is 2. The Hall–Kier alpha value is -1.32. The van der Waals surface area contributed by atoms with Crippen LogP contribution in [0.5, 0.6) is 0 Å². The minimum absolute atomic E-state index is 0.254. The second-order valence-electron chi connectivity index (χ2n) is 3.31. The highest BCUT2D eigenvalue weighted by Gasteiger charge is 2.39. The molecule has 74 valence electrons. The largest absolute Gasteiger partial charge is 0.454 e. The summed E-state index contributed by atoms with van der Waals surface area (Å²) in [4.78, 5) is 10.8. The number of hydrogen-bond donors (Lipinski definition) is 0. The quantitative estimate of drug-likeness (QED) is 0.636. The predicted molar refractivity (Wildman–Crippen MR) is 44.2 cm³/mol. The predicted octanol–water partition coefficient (Wildman–Crippen LogP) is 2.53. The maximum absolute atomic E-state index is 12.0. The molecule has 14 heavy (non-hydrogen) atoms. The van der Waals surface area contributed by atoms with Crippen LogP contribution >= 0.6 is 0 Å². The number of carbonyl (C=O) groups excluding carboxylic acids is 1. The molecule has 0 amide bonds. The van der Waals surface area contributed by atoms with Gasteiger partial charge in [-0.25, -0.2) is 0 Å². The van der Waals surface area contributed by atoms with Gasteiger partial charge in [0.15, 0.2) is 0 Å². The van der Waals surface area contributed by atoms with Gasteiger partial charge in [-0.1, -0.05) is 12.1 Å². The third kappa shape index (κ3) is 1.41. The standard InChI is InChI=1S/C10H7F3O/c11-10(12,13)9(14)8-4-2-6-1-3-7(6)5-8/h2,4-5H,1,3H2. The Bertz CT molecular complexity index is 393. The molecule has 0 unspecified atom stereocenters. The molecular formula is C10H7F3O. The van der Waals surface area contributed by atoms with Crippen LogP contribution in [0.25, 0.3) is 0 Å². The Morgan fingerprint density at radius 3 is 2.21 bits per heavy atom. The zero-order chi connectivity index (χ0) is 10.3. The fourth-order valence-corrected chi connectivity index (χ4v) is 1.50. The van der Waals surface area contributed by atoms with Crippen molar-refractivity contribution in [3.8, 4) is 0 Å². The Labute approximate surface area is 78.5 Å². The van der Waals surface area contributed by atoms with Crippen molar-refractivity contribution in [3.05, 3.63) is 34.9 Å². The van der Waals surface area contributed by atoms with Gasteiger partial charge >= 0.3 is 6.18 Å². The van der Waals surface area contributed by atoms with Crippen LogP contribution in [0.2, 0.25) is 0 Å². The number of hydrogen-bond acceptors (Lipinski definition) is 1. The molecule has 1 nitrogen and oxygen atoms in total. The lowest BCUT2D eigenvalue weighted by Crippen LogP contribution is -2.23. The Morgan fingerprint density at radius 2 is 1.79 bits per heavy atom. The molecule has 0 spiro atoms. The van der Waals surface area contributed by atoms with Crippen LogP contribution in [0.15, 0.2) is 18.2 Å². The van der Waals surface area contributed by atoms with Gasteiger partial charge in [-0.05, 0) is 30.0 Å². The van der Waals surface area contributed by atoms with Gasteiger partial charge in [0, 0.05) is 5.56 Å². The summed E-state index contributed by atoms with van der Waals surface area (Å²) >= 11 is 0. The van der Waals surface area contributed by atoms with E-state index in [-0.39, 0.29) is 5.56 Å². The lowest BCUT2D eigenvalue weighted by Gasteiger charge is -2.19. The molecule has 0 aromatic heterocycles. The number of Topliss-reactive ketones (excluding diaryl/α,β-unsaturated/α-hetero) is 1. The summed E-state index contributed by atoms with van der Waals surface area (Å²) in [6.07, 6.45) is -3.10. The van der Waals surface area contributed by atoms with Crippen molar-refractivity contribution in [1.29, 1.82) is 0 Å². The number of fused-ring (bicyclic) bond motifs is 1. The van der Waals surface area contributed by atoms with Crippen LogP contribution in [0.3, 0.4) is 0 Å². The maximum Gasteiger partial charge on any atom is 0.454 e. The Kier molecular flexibility index (Phi) is 1.87. The van der Waals surface area contributed by atoms with Gasteiger partial charge in [0.1, 0.15) is 0 Å². The zero-order valence-electron chi connectivity index (χ0n) is 7.19. The summed E-state index contributed by atoms with van der Waals surface area (Å²) in [7, 11) is 0. The first-order valence-electron chi connectivity index (χ1n) is 4.22. The average molecular weight is 200 g/mol. The third-order valence-electron chi connectivity index (χ3n) is 2.39. The molecule has 0 saturated heterocycles. The Balaban J connectivity index is 2.34. The van der Waals surface area contributed by atoms with Crippen molar-refractivity contribution >= 4 is 5.78 Å². The SMILES string of the molecule is O=C(c1ccc2c(c1)CC2)C(F)(F)F. The van der Waals surface area contributed by atoms with E-state index in [1.807, 2.05) is 0 Å². The first kappa shape index (κ1) is 9.24. The fraction of sp³-hybridized carbons (Fsp3) is 0.300. The highest BCUT2D eigenvalue weighted by atomic mass is 19.4. The number of rotatable bonds is 1. The smallest absolute Gasteiger partial charge is 0.284 e. The molecule has 0 saturated carbocycles. The van der Waals surface area contributed by atoms with Crippen LogP contribution in [0, 0.1) is 0 Å². The van der Waals surface area contributed by atoms with Gasteiger partial charge in [0.2, 0.25) is 0 Å². The second kappa shape index (κ2) is 2.83. The molecule has 1 aromatic rings. The van der Waals surface area contributed by atoms with E-state index in [2.05, 4.69) is 0 Å². The molecule has 1 aliphatic carbocycles. The summed E-state index contributed by atoms with van der Waals surface area (Å²) < 4.78 is 36.1. The minimum atomic E-state index is -4.77. The Morgan fingerprint density at radius 1 is 1.14 bits per heavy atom. The first-order valence-corrected chi connectivity index (χ1v) is 4.22. The van der Waals surface area contributed by atoms with Gasteiger partial charge in [0.05, 0.1) is 0 Å². The van der Waals surface area contributed by atoms with Gasteiger partial charge in [0.25, 0.3) is 5.78 Å². The molecule has 0 radical (unpaired) electrons. The monoisotopic (exact) mass is 200 g/mol.